The Morgan fingerprint density at radius 1 is 1.52 bits per heavy atom. The predicted octanol–water partition coefficient (Wildman–Crippen LogP) is 2.10. The summed E-state index contributed by atoms with van der Waals surface area (Å²) in [5, 5.41) is 5.80. The minimum absolute atomic E-state index is 0.143. The second-order valence-electron chi connectivity index (χ2n) is 5.11. The Kier molecular flexibility index (Phi) is 4.36. The van der Waals surface area contributed by atoms with Gasteiger partial charge >= 0.3 is 6.18 Å². The Balaban J connectivity index is 1.92. The number of nitrogens with one attached hydrogen (secondary N) is 2. The van der Waals surface area contributed by atoms with Gasteiger partial charge in [-0.15, -0.1) is 0 Å². The summed E-state index contributed by atoms with van der Waals surface area (Å²) in [6, 6.07) is 2.74. The van der Waals surface area contributed by atoms with Crippen molar-refractivity contribution < 1.29 is 22.7 Å². The number of nitrogens with zero attached hydrogens (tertiary/aromatic N) is 1. The fourth-order valence-electron chi connectivity index (χ4n) is 2.05. The monoisotopic (exact) mass is 303 g/mol. The van der Waals surface area contributed by atoms with Crippen molar-refractivity contribution >= 4 is 11.6 Å². The molecule has 1 aromatic rings. The summed E-state index contributed by atoms with van der Waals surface area (Å²) in [7, 11) is 0. The number of pyridine rings is 1. The smallest absolute Gasteiger partial charge is 0.422 e. The molecule has 2 heterocycles. The molecule has 1 fully saturated rings. The molecule has 1 aliphatic rings. The van der Waals surface area contributed by atoms with E-state index < -0.39 is 18.3 Å². The van der Waals surface area contributed by atoms with Gasteiger partial charge in [0.1, 0.15) is 0 Å². The molecule has 1 aromatic heterocycles. The third-order valence-corrected chi connectivity index (χ3v) is 3.25. The van der Waals surface area contributed by atoms with E-state index in [1.165, 1.54) is 18.3 Å². The van der Waals surface area contributed by atoms with Crippen LogP contribution in [0.1, 0.15) is 19.8 Å². The van der Waals surface area contributed by atoms with Gasteiger partial charge in [-0.25, -0.2) is 4.98 Å². The van der Waals surface area contributed by atoms with Crippen molar-refractivity contribution in [2.75, 3.05) is 18.5 Å². The first-order chi connectivity index (χ1) is 9.78. The molecule has 116 valence electrons. The first-order valence-electron chi connectivity index (χ1n) is 6.51. The minimum atomic E-state index is -4.41. The highest BCUT2D eigenvalue weighted by atomic mass is 19.4. The number of alkyl halides is 3. The maximum Gasteiger partial charge on any atom is 0.422 e. The lowest BCUT2D eigenvalue weighted by Crippen LogP contribution is -2.47. The Bertz CT molecular complexity index is 496. The maximum absolute atomic E-state index is 12.1. The fraction of sp³-hybridized carbons (Fsp3) is 0.538. The van der Waals surface area contributed by atoms with Gasteiger partial charge in [-0.1, -0.05) is 0 Å². The molecule has 8 heteroatoms. The van der Waals surface area contributed by atoms with Gasteiger partial charge in [-0.05, 0) is 32.4 Å². The average molecular weight is 303 g/mol. The van der Waals surface area contributed by atoms with Crippen molar-refractivity contribution in [3.05, 3.63) is 18.3 Å². The molecule has 1 atom stereocenters. The molecular weight excluding hydrogens is 287 g/mol. The summed E-state index contributed by atoms with van der Waals surface area (Å²) >= 11 is 0. The van der Waals surface area contributed by atoms with Gasteiger partial charge < -0.3 is 15.4 Å². The molecular formula is C13H16F3N3O2. The van der Waals surface area contributed by atoms with E-state index in [0.717, 1.165) is 19.4 Å². The number of anilines is 1. The topological polar surface area (TPSA) is 63.2 Å². The van der Waals surface area contributed by atoms with Gasteiger partial charge in [-0.2, -0.15) is 13.2 Å². The molecule has 0 bridgehead atoms. The summed E-state index contributed by atoms with van der Waals surface area (Å²) in [6.07, 6.45) is -1.48. The van der Waals surface area contributed by atoms with Crippen molar-refractivity contribution in [3.8, 4) is 5.88 Å². The standard InChI is InChI=1S/C13H16F3N3O2/c1-12(5-2-6-18-12)11(20)19-9-3-4-10(17-7-9)21-8-13(14,15)16/h3-4,7,18H,2,5-6,8H2,1H3,(H,19,20). The van der Waals surface area contributed by atoms with E-state index in [4.69, 9.17) is 0 Å². The maximum atomic E-state index is 12.1. The fourth-order valence-corrected chi connectivity index (χ4v) is 2.05. The number of carbonyl (C=O) groups excluding carboxylic acids is 1. The van der Waals surface area contributed by atoms with Gasteiger partial charge in [0, 0.05) is 6.07 Å². The second kappa shape index (κ2) is 5.88. The molecule has 1 unspecified atom stereocenters. The van der Waals surface area contributed by atoms with Crippen LogP contribution in [-0.2, 0) is 4.79 Å². The van der Waals surface area contributed by atoms with E-state index in [9.17, 15) is 18.0 Å². The van der Waals surface area contributed by atoms with Crippen molar-refractivity contribution in [2.45, 2.75) is 31.5 Å². The molecule has 1 aliphatic heterocycles. The molecule has 2 N–H and O–H groups in total. The van der Waals surface area contributed by atoms with E-state index in [1.54, 1.807) is 0 Å². The third kappa shape index (κ3) is 4.32. The van der Waals surface area contributed by atoms with Gasteiger partial charge in [-0.3, -0.25) is 4.79 Å². The first kappa shape index (κ1) is 15.6. The lowest BCUT2D eigenvalue weighted by atomic mass is 9.99. The SMILES string of the molecule is CC1(C(=O)Nc2ccc(OCC(F)(F)F)nc2)CCCN1. The van der Waals surface area contributed by atoms with E-state index in [0.29, 0.717) is 5.69 Å². The molecule has 0 aliphatic carbocycles. The quantitative estimate of drug-likeness (QED) is 0.894. The highest BCUT2D eigenvalue weighted by Gasteiger charge is 2.35. The zero-order valence-electron chi connectivity index (χ0n) is 11.5. The largest absolute Gasteiger partial charge is 0.468 e. The van der Waals surface area contributed by atoms with E-state index >= 15 is 0 Å². The van der Waals surface area contributed by atoms with Crippen LogP contribution in [0, 0.1) is 0 Å². The number of aromatic nitrogens is 1. The van der Waals surface area contributed by atoms with Crippen molar-refractivity contribution in [1.82, 2.24) is 10.3 Å². The van der Waals surface area contributed by atoms with Crippen LogP contribution in [-0.4, -0.2) is 35.8 Å². The van der Waals surface area contributed by atoms with Crippen LogP contribution >= 0.6 is 0 Å². The van der Waals surface area contributed by atoms with Crippen LogP contribution in [0.3, 0.4) is 0 Å². The molecule has 21 heavy (non-hydrogen) atoms. The normalized spacial score (nSPS) is 22.1. The zero-order chi connectivity index (χ0) is 15.5. The Hall–Kier alpha value is -1.83. The summed E-state index contributed by atoms with van der Waals surface area (Å²) in [6.45, 7) is 1.20. The molecule has 0 radical (unpaired) electrons. The Morgan fingerprint density at radius 3 is 2.81 bits per heavy atom. The number of halogens is 3. The van der Waals surface area contributed by atoms with Crippen LogP contribution in [0.2, 0.25) is 0 Å². The third-order valence-electron chi connectivity index (χ3n) is 3.25. The number of hydrogen-bond acceptors (Lipinski definition) is 4. The van der Waals surface area contributed by atoms with E-state index in [2.05, 4.69) is 20.4 Å². The van der Waals surface area contributed by atoms with Crippen molar-refractivity contribution in [1.29, 1.82) is 0 Å². The highest BCUT2D eigenvalue weighted by molar-refractivity contribution is 5.97. The number of amides is 1. The van der Waals surface area contributed by atoms with E-state index in [-0.39, 0.29) is 11.8 Å². The number of rotatable bonds is 4. The van der Waals surface area contributed by atoms with Crippen LogP contribution in [0.4, 0.5) is 18.9 Å². The van der Waals surface area contributed by atoms with E-state index in [1.807, 2.05) is 6.92 Å². The van der Waals surface area contributed by atoms with Crippen LogP contribution < -0.4 is 15.4 Å². The van der Waals surface area contributed by atoms with Gasteiger partial charge in [0.15, 0.2) is 6.61 Å². The lowest BCUT2D eigenvalue weighted by Gasteiger charge is -2.22. The van der Waals surface area contributed by atoms with Crippen LogP contribution in [0.25, 0.3) is 0 Å². The number of ether oxygens (including phenoxy) is 1. The number of hydrogen-bond donors (Lipinski definition) is 2. The lowest BCUT2D eigenvalue weighted by molar-refractivity contribution is -0.154. The average Bonchev–Trinajstić information content (AvgIpc) is 2.85. The Labute approximate surface area is 119 Å². The Morgan fingerprint density at radius 2 is 2.29 bits per heavy atom. The van der Waals surface area contributed by atoms with Gasteiger partial charge in [0.2, 0.25) is 11.8 Å². The summed E-state index contributed by atoms with van der Waals surface area (Å²) < 4.78 is 40.5. The molecule has 0 saturated carbocycles. The molecule has 1 amide bonds. The summed E-state index contributed by atoms with van der Waals surface area (Å²) in [5.74, 6) is -0.332. The van der Waals surface area contributed by atoms with Crippen LogP contribution in [0.15, 0.2) is 18.3 Å². The molecule has 0 aromatic carbocycles. The second-order valence-corrected chi connectivity index (χ2v) is 5.11. The minimum Gasteiger partial charge on any atom is -0.468 e. The summed E-state index contributed by atoms with van der Waals surface area (Å²) in [4.78, 5) is 15.8. The molecule has 2 rings (SSSR count). The van der Waals surface area contributed by atoms with Crippen LogP contribution in [0.5, 0.6) is 5.88 Å². The van der Waals surface area contributed by atoms with Crippen molar-refractivity contribution in [3.63, 3.8) is 0 Å². The molecule has 1 saturated heterocycles. The first-order valence-corrected chi connectivity index (χ1v) is 6.51. The van der Waals surface area contributed by atoms with Gasteiger partial charge in [0.05, 0.1) is 17.4 Å². The van der Waals surface area contributed by atoms with Gasteiger partial charge in [0.25, 0.3) is 0 Å². The highest BCUT2D eigenvalue weighted by Crippen LogP contribution is 2.22. The molecule has 5 nitrogen and oxygen atoms in total. The zero-order valence-corrected chi connectivity index (χ0v) is 11.5. The van der Waals surface area contributed by atoms with Crippen molar-refractivity contribution in [2.24, 2.45) is 0 Å². The molecule has 0 spiro atoms. The summed E-state index contributed by atoms with van der Waals surface area (Å²) in [5.41, 5.74) is -0.208. The predicted molar refractivity (Wildman–Crippen MR) is 70.1 cm³/mol. The number of carbonyl (C=O) groups is 1.